The van der Waals surface area contributed by atoms with Crippen LogP contribution >= 0.6 is 15.9 Å². The number of carbonyl (C=O) groups excluding carboxylic acids is 1. The molecule has 0 saturated heterocycles. The van der Waals surface area contributed by atoms with E-state index < -0.39 is 0 Å². The van der Waals surface area contributed by atoms with Crippen molar-refractivity contribution in [3.05, 3.63) is 28.8 Å². The van der Waals surface area contributed by atoms with Gasteiger partial charge in [-0.2, -0.15) is 0 Å². The minimum Gasteiger partial charge on any atom is -0.356 e. The van der Waals surface area contributed by atoms with Gasteiger partial charge in [0.1, 0.15) is 0 Å². The Morgan fingerprint density at radius 1 is 1.53 bits per heavy atom. The van der Waals surface area contributed by atoms with Gasteiger partial charge in [0.15, 0.2) is 5.82 Å². The lowest BCUT2D eigenvalue weighted by Crippen LogP contribution is -2.20. The first-order valence-corrected chi connectivity index (χ1v) is 5.36. The van der Waals surface area contributed by atoms with Gasteiger partial charge < -0.3 is 5.32 Å². The highest BCUT2D eigenvalue weighted by molar-refractivity contribution is 9.10. The predicted octanol–water partition coefficient (Wildman–Crippen LogP) is 1.78. The Hall–Kier alpha value is -1.23. The molecule has 0 fully saturated rings. The zero-order valence-electron chi connectivity index (χ0n) is 8.40. The monoisotopic (exact) mass is 269 g/mol. The van der Waals surface area contributed by atoms with E-state index in [1.54, 1.807) is 12.4 Å². The Kier molecular flexibility index (Phi) is 4.97. The summed E-state index contributed by atoms with van der Waals surface area (Å²) < 4.78 is 0.859. The molecular formula is C10H12BrN3O. The molecule has 0 radical (unpaired) electrons. The van der Waals surface area contributed by atoms with Crippen LogP contribution in [0.2, 0.25) is 0 Å². The average Bonchev–Trinajstić information content (AvgIpc) is 2.20. The van der Waals surface area contributed by atoms with Crippen LogP contribution in [-0.2, 0) is 4.79 Å². The van der Waals surface area contributed by atoms with E-state index in [9.17, 15) is 4.79 Å². The fraction of sp³-hybridized carbons (Fsp3) is 0.300. The molecule has 0 atom stereocenters. The molecule has 0 spiro atoms. The first kappa shape index (κ1) is 11.8. The van der Waals surface area contributed by atoms with Gasteiger partial charge in [-0.3, -0.25) is 4.79 Å². The third-order valence-corrected chi connectivity index (χ3v) is 2.00. The highest BCUT2D eigenvalue weighted by atomic mass is 79.9. The van der Waals surface area contributed by atoms with Crippen LogP contribution in [0.15, 0.2) is 22.9 Å². The molecule has 0 saturated carbocycles. The van der Waals surface area contributed by atoms with Crippen molar-refractivity contribution in [1.29, 1.82) is 0 Å². The number of hydrogen-bond donors (Lipinski definition) is 1. The second-order valence-electron chi connectivity index (χ2n) is 2.93. The maximum Gasteiger partial charge on any atom is 0.216 e. The molecule has 15 heavy (non-hydrogen) atoms. The number of rotatable bonds is 4. The van der Waals surface area contributed by atoms with Crippen LogP contribution in [0.4, 0.5) is 0 Å². The van der Waals surface area contributed by atoms with Crippen LogP contribution < -0.4 is 5.32 Å². The zero-order valence-corrected chi connectivity index (χ0v) is 9.99. The van der Waals surface area contributed by atoms with Gasteiger partial charge in [0.05, 0.1) is 4.47 Å². The van der Waals surface area contributed by atoms with Crippen molar-refractivity contribution in [2.24, 2.45) is 0 Å². The van der Waals surface area contributed by atoms with Crippen LogP contribution in [0.25, 0.3) is 6.08 Å². The van der Waals surface area contributed by atoms with Gasteiger partial charge >= 0.3 is 0 Å². The molecule has 1 aromatic heterocycles. The molecule has 1 rings (SSSR count). The average molecular weight is 270 g/mol. The van der Waals surface area contributed by atoms with Crippen LogP contribution in [0.3, 0.4) is 0 Å². The second-order valence-corrected chi connectivity index (χ2v) is 3.85. The molecule has 0 aliphatic heterocycles. The van der Waals surface area contributed by atoms with Gasteiger partial charge in [0.25, 0.3) is 0 Å². The van der Waals surface area contributed by atoms with E-state index in [2.05, 4.69) is 31.2 Å². The Morgan fingerprint density at radius 2 is 2.20 bits per heavy atom. The first-order chi connectivity index (χ1) is 7.18. The lowest BCUT2D eigenvalue weighted by Gasteiger charge is -1.96. The molecule has 1 N–H and O–H groups in total. The minimum atomic E-state index is -0.0108. The summed E-state index contributed by atoms with van der Waals surface area (Å²) in [5.41, 5.74) is 0. The third-order valence-electron chi connectivity index (χ3n) is 1.59. The summed E-state index contributed by atoms with van der Waals surface area (Å²) >= 11 is 3.26. The highest BCUT2D eigenvalue weighted by Crippen LogP contribution is 2.05. The molecule has 80 valence electrons. The standard InChI is InChI=1S/C10H12BrN3O/c1-8(15)12-5-3-2-4-10-13-6-9(11)7-14-10/h2,4,6-7H,3,5H2,1H3,(H,12,15). The minimum absolute atomic E-state index is 0.0108. The van der Waals surface area contributed by atoms with E-state index in [1.165, 1.54) is 6.92 Å². The predicted molar refractivity (Wildman–Crippen MR) is 62.1 cm³/mol. The van der Waals surface area contributed by atoms with E-state index in [0.717, 1.165) is 10.9 Å². The van der Waals surface area contributed by atoms with Gasteiger partial charge in [-0.1, -0.05) is 6.08 Å². The number of hydrogen-bond acceptors (Lipinski definition) is 3. The van der Waals surface area contributed by atoms with Crippen molar-refractivity contribution in [2.45, 2.75) is 13.3 Å². The molecule has 0 bridgehead atoms. The maximum absolute atomic E-state index is 10.5. The van der Waals surface area contributed by atoms with Gasteiger partial charge in [-0.05, 0) is 28.4 Å². The maximum atomic E-state index is 10.5. The number of carbonyl (C=O) groups is 1. The van der Waals surface area contributed by atoms with Crippen molar-refractivity contribution in [3.63, 3.8) is 0 Å². The van der Waals surface area contributed by atoms with E-state index in [4.69, 9.17) is 0 Å². The quantitative estimate of drug-likeness (QED) is 0.848. The molecule has 0 unspecified atom stereocenters. The van der Waals surface area contributed by atoms with E-state index in [1.807, 2.05) is 12.2 Å². The van der Waals surface area contributed by atoms with Gasteiger partial charge in [-0.15, -0.1) is 0 Å². The van der Waals surface area contributed by atoms with Gasteiger partial charge in [0.2, 0.25) is 5.91 Å². The lowest BCUT2D eigenvalue weighted by molar-refractivity contribution is -0.118. The number of halogens is 1. The Morgan fingerprint density at radius 3 is 2.80 bits per heavy atom. The summed E-state index contributed by atoms with van der Waals surface area (Å²) in [7, 11) is 0. The van der Waals surface area contributed by atoms with Crippen LogP contribution in [0.5, 0.6) is 0 Å². The summed E-state index contributed by atoms with van der Waals surface area (Å²) in [5.74, 6) is 0.657. The van der Waals surface area contributed by atoms with E-state index in [0.29, 0.717) is 12.4 Å². The SMILES string of the molecule is CC(=O)NCCC=Cc1ncc(Br)cn1. The fourth-order valence-corrected chi connectivity index (χ4v) is 1.13. The highest BCUT2D eigenvalue weighted by Gasteiger charge is 1.90. The van der Waals surface area contributed by atoms with Crippen molar-refractivity contribution in [3.8, 4) is 0 Å². The van der Waals surface area contributed by atoms with Crippen LogP contribution in [-0.4, -0.2) is 22.4 Å². The third kappa shape index (κ3) is 5.27. The first-order valence-electron chi connectivity index (χ1n) is 4.57. The number of amides is 1. The summed E-state index contributed by atoms with van der Waals surface area (Å²) in [4.78, 5) is 18.7. The van der Waals surface area contributed by atoms with Crippen LogP contribution in [0, 0.1) is 0 Å². The summed E-state index contributed by atoms with van der Waals surface area (Å²) in [6.45, 7) is 2.14. The Balaban J connectivity index is 2.32. The normalized spacial score (nSPS) is 10.5. The molecule has 1 amide bonds. The number of nitrogens with one attached hydrogen (secondary N) is 1. The summed E-state index contributed by atoms with van der Waals surface area (Å²) in [5, 5.41) is 2.70. The topological polar surface area (TPSA) is 54.9 Å². The van der Waals surface area contributed by atoms with Gasteiger partial charge in [0, 0.05) is 25.9 Å². The number of aromatic nitrogens is 2. The van der Waals surface area contributed by atoms with E-state index in [-0.39, 0.29) is 5.91 Å². The number of nitrogens with zero attached hydrogens (tertiary/aromatic N) is 2. The van der Waals surface area contributed by atoms with E-state index >= 15 is 0 Å². The molecular weight excluding hydrogens is 258 g/mol. The van der Waals surface area contributed by atoms with Gasteiger partial charge in [-0.25, -0.2) is 9.97 Å². The molecule has 0 aliphatic carbocycles. The Bertz CT molecular complexity index is 348. The Labute approximate surface area is 96.9 Å². The molecule has 1 aromatic rings. The zero-order chi connectivity index (χ0) is 11.1. The molecule has 1 heterocycles. The summed E-state index contributed by atoms with van der Waals surface area (Å²) in [6, 6.07) is 0. The van der Waals surface area contributed by atoms with Crippen molar-refractivity contribution in [1.82, 2.24) is 15.3 Å². The molecule has 0 aliphatic rings. The summed E-state index contributed by atoms with van der Waals surface area (Å²) in [6.07, 6.45) is 7.92. The molecule has 0 aromatic carbocycles. The molecule has 5 heteroatoms. The molecule has 4 nitrogen and oxygen atoms in total. The van der Waals surface area contributed by atoms with Crippen molar-refractivity contribution < 1.29 is 4.79 Å². The fourth-order valence-electron chi connectivity index (χ4n) is 0.929. The largest absolute Gasteiger partial charge is 0.356 e. The van der Waals surface area contributed by atoms with Crippen molar-refractivity contribution in [2.75, 3.05) is 6.54 Å². The second kappa shape index (κ2) is 6.29. The van der Waals surface area contributed by atoms with Crippen LogP contribution in [0.1, 0.15) is 19.2 Å². The lowest BCUT2D eigenvalue weighted by atomic mass is 10.3. The smallest absolute Gasteiger partial charge is 0.216 e. The van der Waals surface area contributed by atoms with Crippen molar-refractivity contribution >= 4 is 27.9 Å².